The van der Waals surface area contributed by atoms with E-state index in [0.717, 1.165) is 6.07 Å². The summed E-state index contributed by atoms with van der Waals surface area (Å²) in [5.74, 6) is 0. The van der Waals surface area contributed by atoms with Gasteiger partial charge in [0.25, 0.3) is 12.1 Å². The molecule has 4 nitrogen and oxygen atoms in total. The fraction of sp³-hybridized carbons (Fsp3) is 0.167. The number of hydrogen-bond donors (Lipinski definition) is 0. The van der Waals surface area contributed by atoms with Gasteiger partial charge >= 0.3 is 0 Å². The Morgan fingerprint density at radius 1 is 1.64 bits per heavy atom. The minimum Gasteiger partial charge on any atom is -0.258 e. The molecule has 1 rings (SSSR count). The van der Waals surface area contributed by atoms with Gasteiger partial charge in [0.2, 0.25) is 0 Å². The SMILES string of the molecule is O=[N+]([O-])c1cc(Br)nc(C(F)F)c1I. The Morgan fingerprint density at radius 2 is 2.21 bits per heavy atom. The minimum atomic E-state index is -2.82. The summed E-state index contributed by atoms with van der Waals surface area (Å²) in [6.45, 7) is 0. The van der Waals surface area contributed by atoms with Crippen molar-refractivity contribution in [1.82, 2.24) is 4.98 Å². The highest BCUT2D eigenvalue weighted by Crippen LogP contribution is 2.31. The van der Waals surface area contributed by atoms with Gasteiger partial charge in [-0.2, -0.15) is 0 Å². The number of alkyl halides is 2. The number of halogens is 4. The smallest absolute Gasteiger partial charge is 0.258 e. The summed E-state index contributed by atoms with van der Waals surface area (Å²) in [4.78, 5) is 13.2. The number of rotatable bonds is 2. The molecule has 1 heterocycles. The molecule has 0 aliphatic rings. The van der Waals surface area contributed by atoms with Crippen molar-refractivity contribution in [2.75, 3.05) is 0 Å². The molecule has 0 amide bonds. The van der Waals surface area contributed by atoms with E-state index in [2.05, 4.69) is 20.9 Å². The lowest BCUT2D eigenvalue weighted by atomic mass is 10.3. The molecule has 0 aromatic carbocycles. The Kier molecular flexibility index (Phi) is 3.70. The molecular weight excluding hydrogens is 377 g/mol. The Bertz CT molecular complexity index is 388. The third-order valence-corrected chi connectivity index (χ3v) is 2.85. The zero-order valence-corrected chi connectivity index (χ0v) is 10.1. The first-order valence-corrected chi connectivity index (χ1v) is 5.09. The Hall–Kier alpha value is -0.380. The van der Waals surface area contributed by atoms with Crippen LogP contribution in [0.2, 0.25) is 0 Å². The monoisotopic (exact) mass is 378 g/mol. The van der Waals surface area contributed by atoms with Gasteiger partial charge in [0.05, 0.1) is 4.92 Å². The largest absolute Gasteiger partial charge is 0.287 e. The molecule has 1 aromatic heterocycles. The number of nitro groups is 1. The molecule has 0 saturated carbocycles. The second-order valence-electron chi connectivity index (χ2n) is 2.22. The zero-order chi connectivity index (χ0) is 10.9. The van der Waals surface area contributed by atoms with Crippen LogP contribution >= 0.6 is 38.5 Å². The summed E-state index contributed by atoms with van der Waals surface area (Å²) < 4.78 is 24.6. The summed E-state index contributed by atoms with van der Waals surface area (Å²) in [5.41, 5.74) is -0.950. The molecule has 0 spiro atoms. The van der Waals surface area contributed by atoms with Gasteiger partial charge in [-0.1, -0.05) is 0 Å². The van der Waals surface area contributed by atoms with Crippen LogP contribution in [0.4, 0.5) is 14.5 Å². The Morgan fingerprint density at radius 3 is 2.64 bits per heavy atom. The molecule has 0 atom stereocenters. The maximum absolute atomic E-state index is 12.3. The number of hydrogen-bond acceptors (Lipinski definition) is 3. The van der Waals surface area contributed by atoms with E-state index in [0.29, 0.717) is 0 Å². The van der Waals surface area contributed by atoms with Crippen LogP contribution in [0.3, 0.4) is 0 Å². The van der Waals surface area contributed by atoms with Crippen molar-refractivity contribution in [3.05, 3.63) is 30.0 Å². The maximum Gasteiger partial charge on any atom is 0.287 e. The molecule has 0 unspecified atom stereocenters. The summed E-state index contributed by atoms with van der Waals surface area (Å²) in [6.07, 6.45) is -2.82. The van der Waals surface area contributed by atoms with Crippen molar-refractivity contribution in [2.45, 2.75) is 6.43 Å². The summed E-state index contributed by atoms with van der Waals surface area (Å²) in [6, 6.07) is 1.09. The summed E-state index contributed by atoms with van der Waals surface area (Å²) in [7, 11) is 0. The van der Waals surface area contributed by atoms with Crippen molar-refractivity contribution in [3.8, 4) is 0 Å². The van der Waals surface area contributed by atoms with Crippen LogP contribution in [-0.4, -0.2) is 9.91 Å². The van der Waals surface area contributed by atoms with E-state index in [4.69, 9.17) is 0 Å². The van der Waals surface area contributed by atoms with Crippen LogP contribution in [0.25, 0.3) is 0 Å². The lowest BCUT2D eigenvalue weighted by Crippen LogP contribution is -2.00. The molecule has 0 fully saturated rings. The fourth-order valence-electron chi connectivity index (χ4n) is 0.781. The molecule has 1 aromatic rings. The van der Waals surface area contributed by atoms with Gasteiger partial charge in [0, 0.05) is 6.07 Å². The third-order valence-electron chi connectivity index (χ3n) is 1.34. The van der Waals surface area contributed by atoms with E-state index in [9.17, 15) is 18.9 Å². The first-order valence-electron chi connectivity index (χ1n) is 3.22. The number of aromatic nitrogens is 1. The lowest BCUT2D eigenvalue weighted by molar-refractivity contribution is -0.386. The van der Waals surface area contributed by atoms with Crippen molar-refractivity contribution in [2.24, 2.45) is 0 Å². The first kappa shape index (κ1) is 11.7. The molecule has 0 aliphatic carbocycles. The van der Waals surface area contributed by atoms with E-state index in [1.807, 2.05) is 0 Å². The third kappa shape index (κ3) is 2.35. The van der Waals surface area contributed by atoms with Crippen LogP contribution in [0.15, 0.2) is 10.7 Å². The number of pyridine rings is 1. The molecule has 8 heteroatoms. The molecule has 0 radical (unpaired) electrons. The second kappa shape index (κ2) is 4.43. The highest BCUT2D eigenvalue weighted by atomic mass is 127. The topological polar surface area (TPSA) is 56.0 Å². The van der Waals surface area contributed by atoms with Crippen LogP contribution < -0.4 is 0 Å². The molecule has 0 bridgehead atoms. The van der Waals surface area contributed by atoms with Crippen molar-refractivity contribution >= 4 is 44.2 Å². The van der Waals surface area contributed by atoms with Gasteiger partial charge in [-0.05, 0) is 38.5 Å². The first-order chi connectivity index (χ1) is 6.43. The van der Waals surface area contributed by atoms with E-state index in [1.165, 1.54) is 22.6 Å². The van der Waals surface area contributed by atoms with Crippen LogP contribution in [0, 0.1) is 13.7 Å². The standard InChI is InChI=1S/C6H2BrF2IN2O2/c7-3-1-2(12(13)14)4(10)5(11-3)6(8)9/h1,6H. The minimum absolute atomic E-state index is 0.0277. The van der Waals surface area contributed by atoms with E-state index >= 15 is 0 Å². The van der Waals surface area contributed by atoms with E-state index < -0.39 is 17.0 Å². The van der Waals surface area contributed by atoms with E-state index in [1.54, 1.807) is 0 Å². The Balaban J connectivity index is 3.40. The van der Waals surface area contributed by atoms with Crippen LogP contribution in [0.1, 0.15) is 12.1 Å². The van der Waals surface area contributed by atoms with Crippen molar-refractivity contribution < 1.29 is 13.7 Å². The molecule has 0 N–H and O–H groups in total. The van der Waals surface area contributed by atoms with Crippen molar-refractivity contribution in [1.29, 1.82) is 0 Å². The quantitative estimate of drug-likeness (QED) is 0.343. The summed E-state index contributed by atoms with van der Waals surface area (Å²) >= 11 is 4.31. The zero-order valence-electron chi connectivity index (χ0n) is 6.38. The predicted molar refractivity (Wildman–Crippen MR) is 56.3 cm³/mol. The van der Waals surface area contributed by atoms with Crippen LogP contribution in [0.5, 0.6) is 0 Å². The van der Waals surface area contributed by atoms with Gasteiger partial charge in [-0.3, -0.25) is 10.1 Å². The molecule has 0 aliphatic heterocycles. The van der Waals surface area contributed by atoms with Gasteiger partial charge in [-0.15, -0.1) is 0 Å². The maximum atomic E-state index is 12.3. The molecule has 76 valence electrons. The Labute approximate surface area is 99.1 Å². The molecular formula is C6H2BrF2IN2O2. The van der Waals surface area contributed by atoms with Gasteiger partial charge in [0.15, 0.2) is 0 Å². The predicted octanol–water partition coefficient (Wildman–Crippen LogP) is 3.29. The van der Waals surface area contributed by atoms with Crippen LogP contribution in [-0.2, 0) is 0 Å². The molecule has 14 heavy (non-hydrogen) atoms. The van der Waals surface area contributed by atoms with Gasteiger partial charge in [-0.25, -0.2) is 13.8 Å². The molecule has 0 saturated heterocycles. The lowest BCUT2D eigenvalue weighted by Gasteiger charge is -2.03. The van der Waals surface area contributed by atoms with Gasteiger partial charge < -0.3 is 0 Å². The van der Waals surface area contributed by atoms with Gasteiger partial charge in [0.1, 0.15) is 13.9 Å². The highest BCUT2D eigenvalue weighted by molar-refractivity contribution is 14.1. The summed E-state index contributed by atoms with van der Waals surface area (Å²) in [5, 5.41) is 10.5. The van der Waals surface area contributed by atoms with E-state index in [-0.39, 0.29) is 13.9 Å². The highest BCUT2D eigenvalue weighted by Gasteiger charge is 2.23. The average molecular weight is 379 g/mol. The second-order valence-corrected chi connectivity index (χ2v) is 4.11. The number of nitrogens with zero attached hydrogens (tertiary/aromatic N) is 2. The fourth-order valence-corrected chi connectivity index (χ4v) is 1.90. The van der Waals surface area contributed by atoms with Crippen molar-refractivity contribution in [3.63, 3.8) is 0 Å². The average Bonchev–Trinajstić information content (AvgIpc) is 2.07. The normalized spacial score (nSPS) is 10.6.